The van der Waals surface area contributed by atoms with E-state index in [4.69, 9.17) is 5.73 Å². The lowest BCUT2D eigenvalue weighted by molar-refractivity contribution is 0.0999. The zero-order chi connectivity index (χ0) is 9.68. The fraction of sp³-hybridized carbons (Fsp3) is 0.400. The number of aryl methyl sites for hydroxylation is 1. The number of pyridine rings is 1. The minimum atomic E-state index is -0.390. The lowest BCUT2D eigenvalue weighted by Crippen LogP contribution is -2.14. The van der Waals surface area contributed by atoms with Crippen molar-refractivity contribution in [3.05, 3.63) is 29.6 Å². The van der Waals surface area contributed by atoms with Crippen molar-refractivity contribution in [1.82, 2.24) is 4.98 Å². The highest BCUT2D eigenvalue weighted by Crippen LogP contribution is 2.07. The van der Waals surface area contributed by atoms with Gasteiger partial charge in [-0.25, -0.2) is 0 Å². The Morgan fingerprint density at radius 3 is 3.00 bits per heavy atom. The number of unbranched alkanes of at least 4 members (excludes halogenated alkanes) is 1. The third-order valence-corrected chi connectivity index (χ3v) is 1.92. The number of rotatable bonds is 4. The van der Waals surface area contributed by atoms with Crippen LogP contribution in [0.2, 0.25) is 0 Å². The van der Waals surface area contributed by atoms with Crippen molar-refractivity contribution in [1.29, 1.82) is 0 Å². The molecule has 0 unspecified atom stereocenters. The summed E-state index contributed by atoms with van der Waals surface area (Å²) in [5.74, 6) is -0.390. The largest absolute Gasteiger partial charge is 0.366 e. The van der Waals surface area contributed by atoms with E-state index in [0.29, 0.717) is 5.56 Å². The fourth-order valence-corrected chi connectivity index (χ4v) is 1.21. The van der Waals surface area contributed by atoms with Crippen LogP contribution in [0, 0.1) is 0 Å². The van der Waals surface area contributed by atoms with Gasteiger partial charge in [-0.1, -0.05) is 13.3 Å². The van der Waals surface area contributed by atoms with E-state index in [1.807, 2.05) is 0 Å². The van der Waals surface area contributed by atoms with Crippen LogP contribution < -0.4 is 5.73 Å². The smallest absolute Gasteiger partial charge is 0.250 e. The summed E-state index contributed by atoms with van der Waals surface area (Å²) in [4.78, 5) is 15.1. The van der Waals surface area contributed by atoms with E-state index in [1.54, 1.807) is 18.3 Å². The predicted octanol–water partition coefficient (Wildman–Crippen LogP) is 1.52. The summed E-state index contributed by atoms with van der Waals surface area (Å²) in [7, 11) is 0. The fourth-order valence-electron chi connectivity index (χ4n) is 1.21. The summed E-state index contributed by atoms with van der Waals surface area (Å²) >= 11 is 0. The molecule has 0 radical (unpaired) electrons. The van der Waals surface area contributed by atoms with Gasteiger partial charge in [-0.15, -0.1) is 0 Å². The van der Waals surface area contributed by atoms with E-state index in [9.17, 15) is 4.79 Å². The highest BCUT2D eigenvalue weighted by atomic mass is 16.1. The van der Waals surface area contributed by atoms with Gasteiger partial charge in [0.05, 0.1) is 11.3 Å². The van der Waals surface area contributed by atoms with E-state index in [2.05, 4.69) is 11.9 Å². The van der Waals surface area contributed by atoms with E-state index >= 15 is 0 Å². The van der Waals surface area contributed by atoms with Crippen LogP contribution in [0.25, 0.3) is 0 Å². The molecule has 0 aliphatic heterocycles. The van der Waals surface area contributed by atoms with Gasteiger partial charge >= 0.3 is 0 Å². The third-order valence-electron chi connectivity index (χ3n) is 1.92. The van der Waals surface area contributed by atoms with E-state index in [1.165, 1.54) is 0 Å². The summed E-state index contributed by atoms with van der Waals surface area (Å²) in [6.07, 6.45) is 4.65. The maximum Gasteiger partial charge on any atom is 0.250 e. The second-order valence-corrected chi connectivity index (χ2v) is 2.97. The number of carbonyl (C=O) groups is 1. The van der Waals surface area contributed by atoms with Crippen molar-refractivity contribution < 1.29 is 4.79 Å². The summed E-state index contributed by atoms with van der Waals surface area (Å²) in [6.45, 7) is 2.10. The standard InChI is InChI=1S/C10H14N2O/c1-2-3-6-9-8(10(11)13)5-4-7-12-9/h4-5,7H,2-3,6H2,1H3,(H2,11,13). The topological polar surface area (TPSA) is 56.0 Å². The molecule has 3 nitrogen and oxygen atoms in total. The van der Waals surface area contributed by atoms with Crippen molar-refractivity contribution >= 4 is 5.91 Å². The molecule has 1 amide bonds. The molecule has 0 bridgehead atoms. The Morgan fingerprint density at radius 2 is 2.38 bits per heavy atom. The average Bonchev–Trinajstić information content (AvgIpc) is 2.15. The molecule has 0 aliphatic rings. The van der Waals surface area contributed by atoms with Crippen molar-refractivity contribution in [2.24, 2.45) is 5.73 Å². The van der Waals surface area contributed by atoms with Gasteiger partial charge < -0.3 is 5.73 Å². The van der Waals surface area contributed by atoms with Gasteiger partial charge in [-0.05, 0) is 25.0 Å². The molecular formula is C10H14N2O. The van der Waals surface area contributed by atoms with Crippen LogP contribution in [0.15, 0.2) is 18.3 Å². The van der Waals surface area contributed by atoms with Crippen LogP contribution >= 0.6 is 0 Å². The van der Waals surface area contributed by atoms with Crippen molar-refractivity contribution in [3.63, 3.8) is 0 Å². The Hall–Kier alpha value is -1.38. The van der Waals surface area contributed by atoms with E-state index in [-0.39, 0.29) is 5.91 Å². The highest BCUT2D eigenvalue weighted by molar-refractivity contribution is 5.93. The van der Waals surface area contributed by atoms with Crippen LogP contribution in [0.4, 0.5) is 0 Å². The number of primary amides is 1. The minimum Gasteiger partial charge on any atom is -0.366 e. The summed E-state index contributed by atoms with van der Waals surface area (Å²) in [5.41, 5.74) is 6.58. The molecule has 1 rings (SSSR count). The monoisotopic (exact) mass is 178 g/mol. The van der Waals surface area contributed by atoms with Crippen LogP contribution in [0.5, 0.6) is 0 Å². The molecule has 0 saturated heterocycles. The average molecular weight is 178 g/mol. The Balaban J connectivity index is 2.84. The molecule has 0 fully saturated rings. The van der Waals surface area contributed by atoms with Gasteiger partial charge in [0.15, 0.2) is 0 Å². The molecule has 1 aromatic rings. The molecule has 3 heteroatoms. The van der Waals surface area contributed by atoms with Gasteiger partial charge in [-0.3, -0.25) is 9.78 Å². The molecule has 1 heterocycles. The predicted molar refractivity (Wildman–Crippen MR) is 51.4 cm³/mol. The molecule has 1 aromatic heterocycles. The number of carbonyl (C=O) groups excluding carboxylic acids is 1. The Morgan fingerprint density at radius 1 is 1.62 bits per heavy atom. The molecule has 0 aliphatic carbocycles. The molecular weight excluding hydrogens is 164 g/mol. The summed E-state index contributed by atoms with van der Waals surface area (Å²) in [6, 6.07) is 3.45. The first-order valence-electron chi connectivity index (χ1n) is 4.49. The molecule has 0 spiro atoms. The second kappa shape index (κ2) is 4.60. The molecule has 2 N–H and O–H groups in total. The van der Waals surface area contributed by atoms with E-state index < -0.39 is 0 Å². The SMILES string of the molecule is CCCCc1ncccc1C(N)=O. The Labute approximate surface area is 78.0 Å². The summed E-state index contributed by atoms with van der Waals surface area (Å²) in [5, 5.41) is 0. The van der Waals surface area contributed by atoms with Gasteiger partial charge in [0.1, 0.15) is 0 Å². The number of hydrogen-bond donors (Lipinski definition) is 1. The first-order chi connectivity index (χ1) is 6.25. The van der Waals surface area contributed by atoms with Crippen LogP contribution in [-0.4, -0.2) is 10.9 Å². The van der Waals surface area contributed by atoms with Crippen LogP contribution in [-0.2, 0) is 6.42 Å². The highest BCUT2D eigenvalue weighted by Gasteiger charge is 2.06. The Kier molecular flexibility index (Phi) is 3.43. The van der Waals surface area contributed by atoms with Crippen LogP contribution in [0.1, 0.15) is 35.8 Å². The van der Waals surface area contributed by atoms with Crippen molar-refractivity contribution in [3.8, 4) is 0 Å². The maximum atomic E-state index is 11.0. The van der Waals surface area contributed by atoms with E-state index in [0.717, 1.165) is 25.0 Å². The first-order valence-corrected chi connectivity index (χ1v) is 4.49. The number of amides is 1. The second-order valence-electron chi connectivity index (χ2n) is 2.97. The first kappa shape index (κ1) is 9.71. The lowest BCUT2D eigenvalue weighted by Gasteiger charge is -2.03. The Bertz CT molecular complexity index is 297. The quantitative estimate of drug-likeness (QED) is 0.760. The van der Waals surface area contributed by atoms with Gasteiger partial charge in [0.2, 0.25) is 0 Å². The number of nitrogens with two attached hydrogens (primary N) is 1. The number of hydrogen-bond acceptors (Lipinski definition) is 2. The van der Waals surface area contributed by atoms with Crippen molar-refractivity contribution in [2.45, 2.75) is 26.2 Å². The van der Waals surface area contributed by atoms with Gasteiger partial charge in [0.25, 0.3) is 5.91 Å². The minimum absolute atomic E-state index is 0.390. The zero-order valence-corrected chi connectivity index (χ0v) is 7.79. The normalized spacial score (nSPS) is 9.92. The van der Waals surface area contributed by atoms with Crippen LogP contribution in [0.3, 0.4) is 0 Å². The third kappa shape index (κ3) is 2.54. The lowest BCUT2D eigenvalue weighted by atomic mass is 10.1. The zero-order valence-electron chi connectivity index (χ0n) is 7.79. The maximum absolute atomic E-state index is 11.0. The van der Waals surface area contributed by atoms with Crippen molar-refractivity contribution in [2.75, 3.05) is 0 Å². The molecule has 0 aromatic carbocycles. The van der Waals surface area contributed by atoms with Gasteiger partial charge in [0, 0.05) is 6.20 Å². The van der Waals surface area contributed by atoms with Gasteiger partial charge in [-0.2, -0.15) is 0 Å². The molecule has 70 valence electrons. The summed E-state index contributed by atoms with van der Waals surface area (Å²) < 4.78 is 0. The number of nitrogens with zero attached hydrogens (tertiary/aromatic N) is 1. The molecule has 13 heavy (non-hydrogen) atoms. The molecule has 0 atom stereocenters. The number of aromatic nitrogens is 1. The molecule has 0 saturated carbocycles.